The van der Waals surface area contributed by atoms with Crippen molar-refractivity contribution in [3.63, 3.8) is 0 Å². The summed E-state index contributed by atoms with van der Waals surface area (Å²) in [6, 6.07) is 0. The molecule has 7 heavy (non-hydrogen) atoms. The summed E-state index contributed by atoms with van der Waals surface area (Å²) in [5, 5.41) is 0. The largest absolute Gasteiger partial charge is 2.00 e. The molecular formula is H3CoNO4S. The van der Waals surface area contributed by atoms with Crippen LogP contribution < -0.4 is 6.15 Å². The molecule has 0 spiro atoms. The van der Waals surface area contributed by atoms with Crippen LogP contribution in [0.15, 0.2) is 0 Å². The van der Waals surface area contributed by atoms with Crippen molar-refractivity contribution in [2.45, 2.75) is 0 Å². The van der Waals surface area contributed by atoms with E-state index < -0.39 is 10.4 Å². The fraction of sp³-hybridized carbons (Fsp3) is 0. The van der Waals surface area contributed by atoms with Gasteiger partial charge in [-0.2, -0.15) is 0 Å². The second kappa shape index (κ2) is 4.49. The minimum atomic E-state index is -5.17. The van der Waals surface area contributed by atoms with E-state index in [9.17, 15) is 0 Å². The van der Waals surface area contributed by atoms with E-state index in [-0.39, 0.29) is 22.9 Å². The van der Waals surface area contributed by atoms with Crippen molar-refractivity contribution in [2.24, 2.45) is 0 Å². The summed E-state index contributed by atoms with van der Waals surface area (Å²) < 4.78 is 34.1. The summed E-state index contributed by atoms with van der Waals surface area (Å²) in [6.07, 6.45) is 0. The van der Waals surface area contributed by atoms with Crippen LogP contribution in [0, 0.1) is 0 Å². The van der Waals surface area contributed by atoms with Gasteiger partial charge < -0.3 is 15.3 Å². The molecule has 1 radical (unpaired) electrons. The monoisotopic (exact) mass is 172 g/mol. The van der Waals surface area contributed by atoms with Gasteiger partial charge in [0.05, 0.1) is 0 Å². The second-order valence-electron chi connectivity index (χ2n) is 0.408. The van der Waals surface area contributed by atoms with Gasteiger partial charge in [0.1, 0.15) is 0 Å². The number of hydrogen-bond acceptors (Lipinski definition) is 5. The summed E-state index contributed by atoms with van der Waals surface area (Å²) in [4.78, 5) is 0. The number of hydrogen-bond donors (Lipinski definition) is 1. The van der Waals surface area contributed by atoms with Gasteiger partial charge in [0.2, 0.25) is 0 Å². The van der Waals surface area contributed by atoms with E-state index in [4.69, 9.17) is 17.5 Å². The average Bonchev–Trinajstić information content (AvgIpc) is 0.722. The maximum absolute atomic E-state index is 8.52. The first-order valence-electron chi connectivity index (χ1n) is 0.667. The number of rotatable bonds is 0. The molecule has 0 saturated carbocycles. The first-order chi connectivity index (χ1) is 2.00. The quantitative estimate of drug-likeness (QED) is 0.364. The van der Waals surface area contributed by atoms with Crippen molar-refractivity contribution in [3.05, 3.63) is 0 Å². The molecule has 3 N–H and O–H groups in total. The molecule has 0 unspecified atom stereocenters. The minimum Gasteiger partial charge on any atom is -0.759 e. The van der Waals surface area contributed by atoms with Crippen LogP contribution in [0.3, 0.4) is 0 Å². The van der Waals surface area contributed by atoms with E-state index in [1.54, 1.807) is 0 Å². The van der Waals surface area contributed by atoms with Crippen molar-refractivity contribution in [3.8, 4) is 0 Å². The Kier molecular flexibility index (Phi) is 10.1. The predicted molar refractivity (Wildman–Crippen MR) is 15.5 cm³/mol. The van der Waals surface area contributed by atoms with E-state index in [0.29, 0.717) is 0 Å². The van der Waals surface area contributed by atoms with Crippen molar-refractivity contribution in [2.75, 3.05) is 0 Å². The molecule has 47 valence electrons. The summed E-state index contributed by atoms with van der Waals surface area (Å²) in [7, 11) is -5.17. The molecule has 0 fully saturated rings. The van der Waals surface area contributed by atoms with Crippen LogP contribution in [-0.2, 0) is 27.2 Å². The zero-order chi connectivity index (χ0) is 4.50. The minimum absolute atomic E-state index is 0. The Morgan fingerprint density at radius 1 is 1.14 bits per heavy atom. The van der Waals surface area contributed by atoms with Gasteiger partial charge in [0.25, 0.3) is 0 Å². The first-order valence-corrected chi connectivity index (χ1v) is 2.00. The molecule has 5 nitrogen and oxygen atoms in total. The van der Waals surface area contributed by atoms with Crippen molar-refractivity contribution < 1.29 is 34.3 Å². The topological polar surface area (TPSA) is 115 Å². The van der Waals surface area contributed by atoms with E-state index >= 15 is 0 Å². The zero-order valence-corrected chi connectivity index (χ0v) is 4.94. The van der Waals surface area contributed by atoms with Gasteiger partial charge in [-0.25, -0.2) is 0 Å². The molecule has 7 heteroatoms. The predicted octanol–water partition coefficient (Wildman–Crippen LogP) is -1.18. The third-order valence-corrected chi connectivity index (χ3v) is 0. The molecule has 0 aromatic heterocycles. The van der Waals surface area contributed by atoms with Crippen LogP contribution in [0.5, 0.6) is 0 Å². The summed E-state index contributed by atoms with van der Waals surface area (Å²) >= 11 is 0. The molecule has 0 aromatic rings. The van der Waals surface area contributed by atoms with Crippen LogP contribution in [0.2, 0.25) is 0 Å². The molecule has 0 atom stereocenters. The molecule has 0 amide bonds. The van der Waals surface area contributed by atoms with Crippen molar-refractivity contribution >= 4 is 10.4 Å². The van der Waals surface area contributed by atoms with Crippen molar-refractivity contribution in [1.82, 2.24) is 6.15 Å². The average molecular weight is 172 g/mol. The Morgan fingerprint density at radius 3 is 1.14 bits per heavy atom. The van der Waals surface area contributed by atoms with Gasteiger partial charge in [-0.3, -0.25) is 8.42 Å². The normalized spacial score (nSPS) is 8.29. The molecule has 0 aliphatic rings. The van der Waals surface area contributed by atoms with Crippen LogP contribution in [0.4, 0.5) is 0 Å². The molecule has 0 aliphatic carbocycles. The SMILES string of the molecule is N.O=S(=O)([O-])[O-].[Co+2]. The molecule has 0 bridgehead atoms. The molecule has 0 heterocycles. The second-order valence-corrected chi connectivity index (χ2v) is 1.22. The van der Waals surface area contributed by atoms with Gasteiger partial charge in [-0.1, -0.05) is 0 Å². The van der Waals surface area contributed by atoms with Gasteiger partial charge in [-0.15, -0.1) is 0 Å². The zero-order valence-electron chi connectivity index (χ0n) is 3.08. The fourth-order valence-corrected chi connectivity index (χ4v) is 0. The van der Waals surface area contributed by atoms with Gasteiger partial charge in [0, 0.05) is 10.4 Å². The Morgan fingerprint density at radius 2 is 1.14 bits per heavy atom. The third kappa shape index (κ3) is 1050. The Hall–Kier alpha value is 0.336. The van der Waals surface area contributed by atoms with Crippen LogP contribution in [-0.4, -0.2) is 17.5 Å². The van der Waals surface area contributed by atoms with Gasteiger partial charge in [0.15, 0.2) is 0 Å². The standard InChI is InChI=1S/Co.H3N.H2O4S/c;;1-5(2,3)4/h;1H3;(H2,1,2,3,4)/q+2;;/p-2. The molecule has 0 rings (SSSR count). The summed E-state index contributed by atoms with van der Waals surface area (Å²) in [6.45, 7) is 0. The van der Waals surface area contributed by atoms with Gasteiger partial charge in [-0.05, 0) is 0 Å². The molecule has 0 saturated heterocycles. The Bertz CT molecular complexity index is 94.9. The van der Waals surface area contributed by atoms with Crippen LogP contribution in [0.1, 0.15) is 0 Å². The van der Waals surface area contributed by atoms with Crippen molar-refractivity contribution in [1.29, 1.82) is 0 Å². The Balaban J connectivity index is -0.0000000800. The van der Waals surface area contributed by atoms with Gasteiger partial charge >= 0.3 is 16.8 Å². The maximum atomic E-state index is 8.52. The fourth-order valence-electron chi connectivity index (χ4n) is 0. The molecule has 0 aliphatic heterocycles. The van der Waals surface area contributed by atoms with E-state index in [2.05, 4.69) is 0 Å². The Labute approximate surface area is 51.5 Å². The van der Waals surface area contributed by atoms with E-state index in [1.165, 1.54) is 0 Å². The molecule has 0 aromatic carbocycles. The first kappa shape index (κ1) is 15.7. The smallest absolute Gasteiger partial charge is 0.759 e. The molecular weight excluding hydrogens is 169 g/mol. The third-order valence-electron chi connectivity index (χ3n) is 0. The van der Waals surface area contributed by atoms with Crippen LogP contribution >= 0.6 is 0 Å². The maximum Gasteiger partial charge on any atom is 2.00 e. The van der Waals surface area contributed by atoms with Crippen LogP contribution in [0.25, 0.3) is 0 Å². The summed E-state index contributed by atoms with van der Waals surface area (Å²) in [5.41, 5.74) is 0. The summed E-state index contributed by atoms with van der Waals surface area (Å²) in [5.74, 6) is 0. The van der Waals surface area contributed by atoms with E-state index in [0.717, 1.165) is 0 Å². The van der Waals surface area contributed by atoms with E-state index in [1.807, 2.05) is 0 Å².